The number of hydrogen-bond donors (Lipinski definition) is 1. The van der Waals surface area contributed by atoms with Gasteiger partial charge in [0.1, 0.15) is 0 Å². The number of benzene rings is 1. The first-order valence-electron chi connectivity index (χ1n) is 8.60. The molecule has 1 aromatic heterocycles. The van der Waals surface area contributed by atoms with Crippen molar-refractivity contribution in [2.75, 3.05) is 13.1 Å². The van der Waals surface area contributed by atoms with Crippen LogP contribution in [-0.2, 0) is 6.67 Å². The average Bonchev–Trinajstić information content (AvgIpc) is 2.83. The number of piperidine rings is 1. The first kappa shape index (κ1) is 15.0. The van der Waals surface area contributed by atoms with Crippen LogP contribution < -0.4 is 5.76 Å². The van der Waals surface area contributed by atoms with Crippen molar-refractivity contribution < 1.29 is 9.52 Å². The molecule has 5 heteroatoms. The summed E-state index contributed by atoms with van der Waals surface area (Å²) >= 11 is 0. The summed E-state index contributed by atoms with van der Waals surface area (Å²) in [4.78, 5) is 14.5. The quantitative estimate of drug-likeness (QED) is 0.925. The maximum Gasteiger partial charge on any atom is 0.421 e. The number of likely N-dealkylation sites (tertiary alicyclic amines) is 1. The average molecular weight is 316 g/mol. The van der Waals surface area contributed by atoms with Crippen molar-refractivity contribution in [3.05, 3.63) is 34.3 Å². The standard InChI is InChI=1S/C18H24N2O3/c1-13-5-6-16-15(10-13)20(17(21)23-16)12-19-9-8-18(22)7-3-2-4-14(18)11-19/h5-6,10,14,22H,2-4,7-9,11-12H2,1H3/t14-,18-/m0/s1. The predicted molar refractivity (Wildman–Crippen MR) is 88.3 cm³/mol. The summed E-state index contributed by atoms with van der Waals surface area (Å²) in [6, 6.07) is 5.82. The molecule has 2 fully saturated rings. The molecule has 0 spiro atoms. The Morgan fingerprint density at radius 1 is 1.35 bits per heavy atom. The van der Waals surface area contributed by atoms with Crippen molar-refractivity contribution in [3.8, 4) is 0 Å². The lowest BCUT2D eigenvalue weighted by molar-refractivity contribution is -0.100. The second-order valence-corrected chi connectivity index (χ2v) is 7.28. The molecule has 0 amide bonds. The molecule has 1 aliphatic heterocycles. The van der Waals surface area contributed by atoms with Crippen molar-refractivity contribution in [3.63, 3.8) is 0 Å². The SMILES string of the molecule is Cc1ccc2oc(=O)n(CN3CC[C@@]4(O)CCCC[C@H]4C3)c2c1. The Labute approximate surface area is 135 Å². The molecule has 5 nitrogen and oxygen atoms in total. The molecule has 4 rings (SSSR count). The fraction of sp³-hybridized carbons (Fsp3) is 0.611. The molecule has 2 heterocycles. The highest BCUT2D eigenvalue weighted by molar-refractivity contribution is 5.73. The number of aromatic nitrogens is 1. The summed E-state index contributed by atoms with van der Waals surface area (Å²) in [6.07, 6.45) is 5.17. The minimum absolute atomic E-state index is 0.296. The monoisotopic (exact) mass is 316 g/mol. The number of oxazole rings is 1. The van der Waals surface area contributed by atoms with Crippen molar-refractivity contribution in [2.24, 2.45) is 5.92 Å². The summed E-state index contributed by atoms with van der Waals surface area (Å²) in [5.41, 5.74) is 2.15. The van der Waals surface area contributed by atoms with Crippen LogP contribution in [0.2, 0.25) is 0 Å². The van der Waals surface area contributed by atoms with Crippen LogP contribution in [0.4, 0.5) is 0 Å². The Hall–Kier alpha value is -1.59. The topological polar surface area (TPSA) is 58.6 Å². The number of aryl methyl sites for hydroxylation is 1. The third-order valence-electron chi connectivity index (χ3n) is 5.68. The van der Waals surface area contributed by atoms with E-state index in [0.717, 1.165) is 49.9 Å². The van der Waals surface area contributed by atoms with Gasteiger partial charge in [-0.15, -0.1) is 0 Å². The minimum Gasteiger partial charge on any atom is -0.408 e. The normalized spacial score (nSPS) is 28.9. The van der Waals surface area contributed by atoms with E-state index < -0.39 is 5.60 Å². The summed E-state index contributed by atoms with van der Waals surface area (Å²) < 4.78 is 7.07. The lowest BCUT2D eigenvalue weighted by Crippen LogP contribution is -2.53. The zero-order chi connectivity index (χ0) is 16.0. The van der Waals surface area contributed by atoms with Crippen molar-refractivity contribution >= 4 is 11.1 Å². The molecule has 1 saturated heterocycles. The van der Waals surface area contributed by atoms with Gasteiger partial charge >= 0.3 is 5.76 Å². The van der Waals surface area contributed by atoms with Crippen LogP contribution >= 0.6 is 0 Å². The summed E-state index contributed by atoms with van der Waals surface area (Å²) in [5, 5.41) is 10.8. The Kier molecular flexibility index (Phi) is 3.58. The number of nitrogens with zero attached hydrogens (tertiary/aromatic N) is 2. The molecule has 2 atom stereocenters. The van der Waals surface area contributed by atoms with Gasteiger partial charge in [-0.2, -0.15) is 0 Å². The fourth-order valence-corrected chi connectivity index (χ4v) is 4.27. The zero-order valence-electron chi connectivity index (χ0n) is 13.6. The maximum absolute atomic E-state index is 12.2. The van der Waals surface area contributed by atoms with Crippen LogP contribution in [0.5, 0.6) is 0 Å². The molecule has 2 aliphatic rings. The van der Waals surface area contributed by atoms with Crippen molar-refractivity contribution in [2.45, 2.75) is 51.3 Å². The molecule has 1 aromatic carbocycles. The Morgan fingerprint density at radius 3 is 3.09 bits per heavy atom. The van der Waals surface area contributed by atoms with Gasteiger partial charge in [0.15, 0.2) is 5.58 Å². The van der Waals surface area contributed by atoms with E-state index >= 15 is 0 Å². The Balaban J connectivity index is 1.58. The maximum atomic E-state index is 12.2. The minimum atomic E-state index is -0.477. The highest BCUT2D eigenvalue weighted by atomic mass is 16.4. The van der Waals surface area contributed by atoms with Crippen LogP contribution in [0.3, 0.4) is 0 Å². The summed E-state index contributed by atoms with van der Waals surface area (Å²) in [6.45, 7) is 4.26. The largest absolute Gasteiger partial charge is 0.421 e. The first-order chi connectivity index (χ1) is 11.0. The first-order valence-corrected chi connectivity index (χ1v) is 8.60. The van der Waals surface area contributed by atoms with Crippen LogP contribution in [0, 0.1) is 12.8 Å². The summed E-state index contributed by atoms with van der Waals surface area (Å²) in [7, 11) is 0. The van der Waals surface area contributed by atoms with Crippen LogP contribution in [0.1, 0.15) is 37.7 Å². The van der Waals surface area contributed by atoms with Gasteiger partial charge in [-0.05, 0) is 43.9 Å². The van der Waals surface area contributed by atoms with Gasteiger partial charge in [-0.1, -0.05) is 18.9 Å². The molecular weight excluding hydrogens is 292 g/mol. The second kappa shape index (κ2) is 5.49. The smallest absolute Gasteiger partial charge is 0.408 e. The molecule has 1 aliphatic carbocycles. The number of hydrogen-bond acceptors (Lipinski definition) is 4. The molecule has 0 radical (unpaired) electrons. The highest BCUT2D eigenvalue weighted by Gasteiger charge is 2.42. The predicted octanol–water partition coefficient (Wildman–Crippen LogP) is 2.49. The van der Waals surface area contributed by atoms with Crippen LogP contribution in [-0.4, -0.2) is 33.3 Å². The van der Waals surface area contributed by atoms with E-state index in [1.54, 1.807) is 4.57 Å². The van der Waals surface area contributed by atoms with Crippen molar-refractivity contribution in [1.29, 1.82) is 0 Å². The second-order valence-electron chi connectivity index (χ2n) is 7.28. The van der Waals surface area contributed by atoms with E-state index in [2.05, 4.69) is 4.90 Å². The van der Waals surface area contributed by atoms with E-state index in [0.29, 0.717) is 18.2 Å². The van der Waals surface area contributed by atoms with E-state index in [-0.39, 0.29) is 5.76 Å². The van der Waals surface area contributed by atoms with E-state index in [9.17, 15) is 9.90 Å². The Morgan fingerprint density at radius 2 is 2.22 bits per heavy atom. The number of fused-ring (bicyclic) bond motifs is 2. The lowest BCUT2D eigenvalue weighted by Gasteiger charge is -2.47. The van der Waals surface area contributed by atoms with Gasteiger partial charge in [0.05, 0.1) is 17.8 Å². The lowest BCUT2D eigenvalue weighted by atomic mass is 9.71. The van der Waals surface area contributed by atoms with Gasteiger partial charge < -0.3 is 9.52 Å². The van der Waals surface area contributed by atoms with E-state index in [4.69, 9.17) is 4.42 Å². The molecule has 1 saturated carbocycles. The van der Waals surface area contributed by atoms with Gasteiger partial charge in [0.2, 0.25) is 0 Å². The molecule has 1 N–H and O–H groups in total. The fourth-order valence-electron chi connectivity index (χ4n) is 4.27. The third kappa shape index (κ3) is 2.62. The van der Waals surface area contributed by atoms with Crippen LogP contribution in [0.15, 0.2) is 27.4 Å². The molecule has 2 aromatic rings. The van der Waals surface area contributed by atoms with Gasteiger partial charge in [-0.25, -0.2) is 4.79 Å². The molecular formula is C18H24N2O3. The number of aliphatic hydroxyl groups is 1. The van der Waals surface area contributed by atoms with Crippen LogP contribution in [0.25, 0.3) is 11.1 Å². The Bertz CT molecular complexity index is 778. The van der Waals surface area contributed by atoms with Gasteiger partial charge in [-0.3, -0.25) is 9.47 Å². The zero-order valence-corrected chi connectivity index (χ0v) is 13.6. The third-order valence-corrected chi connectivity index (χ3v) is 5.68. The van der Waals surface area contributed by atoms with Crippen molar-refractivity contribution in [1.82, 2.24) is 9.47 Å². The molecule has 124 valence electrons. The molecule has 0 unspecified atom stereocenters. The highest BCUT2D eigenvalue weighted by Crippen LogP contribution is 2.39. The molecule has 0 bridgehead atoms. The number of rotatable bonds is 2. The van der Waals surface area contributed by atoms with Gasteiger partial charge in [0, 0.05) is 19.0 Å². The van der Waals surface area contributed by atoms with Gasteiger partial charge in [0.25, 0.3) is 0 Å². The van der Waals surface area contributed by atoms with E-state index in [1.165, 1.54) is 6.42 Å². The summed E-state index contributed by atoms with van der Waals surface area (Å²) in [5.74, 6) is 0.0377. The molecule has 23 heavy (non-hydrogen) atoms. The van der Waals surface area contributed by atoms with E-state index in [1.807, 2.05) is 25.1 Å².